The number of nitrogens with one attached hydrogen (secondary N) is 1. The molecule has 2 aromatic rings. The van der Waals surface area contributed by atoms with Crippen LogP contribution in [0, 0.1) is 12.7 Å². The first-order chi connectivity index (χ1) is 11.4. The number of amides is 1. The predicted molar refractivity (Wildman–Crippen MR) is 84.4 cm³/mol. The number of halogens is 1. The lowest BCUT2D eigenvalue weighted by Gasteiger charge is -2.10. The van der Waals surface area contributed by atoms with Crippen molar-refractivity contribution >= 4 is 11.9 Å². The number of carbonyl (C=O) groups excluding carboxylic acids is 1. The average Bonchev–Trinajstić information content (AvgIpc) is 2.93. The van der Waals surface area contributed by atoms with Crippen molar-refractivity contribution in [2.75, 3.05) is 0 Å². The minimum Gasteiger partial charge on any atom is -0.480 e. The molecule has 0 saturated heterocycles. The molecule has 1 amide bonds. The maximum absolute atomic E-state index is 13.0. The average molecular weight is 332 g/mol. The van der Waals surface area contributed by atoms with Crippen LogP contribution in [-0.4, -0.2) is 37.8 Å². The molecule has 1 heterocycles. The Hall–Kier alpha value is -3.03. The first kappa shape index (κ1) is 17.3. The number of benzene rings is 1. The number of carboxylic acid groups (broad SMARTS) is 1. The number of aliphatic carboxylic acids is 1. The van der Waals surface area contributed by atoms with E-state index >= 15 is 0 Å². The Labute approximate surface area is 137 Å². The van der Waals surface area contributed by atoms with Crippen LogP contribution in [0.5, 0.6) is 0 Å². The molecule has 24 heavy (non-hydrogen) atoms. The number of aryl methyl sites for hydroxylation is 1. The second-order valence-electron chi connectivity index (χ2n) is 5.04. The SMILES string of the molecule is C/C=C/CC(NC(=O)c1nc(C)n(-c2ccc(F)cc2)n1)C(=O)O. The number of carboxylic acids is 1. The van der Waals surface area contributed by atoms with Crippen LogP contribution in [0.4, 0.5) is 4.39 Å². The van der Waals surface area contributed by atoms with Gasteiger partial charge >= 0.3 is 5.97 Å². The molecular weight excluding hydrogens is 315 g/mol. The minimum absolute atomic E-state index is 0.149. The Kier molecular flexibility index (Phi) is 5.41. The van der Waals surface area contributed by atoms with Crippen molar-refractivity contribution in [3.63, 3.8) is 0 Å². The highest BCUT2D eigenvalue weighted by Crippen LogP contribution is 2.11. The van der Waals surface area contributed by atoms with E-state index in [4.69, 9.17) is 5.11 Å². The summed E-state index contributed by atoms with van der Waals surface area (Å²) in [5.41, 5.74) is 0.546. The molecule has 1 aromatic carbocycles. The van der Waals surface area contributed by atoms with E-state index in [1.807, 2.05) is 0 Å². The second-order valence-corrected chi connectivity index (χ2v) is 5.04. The number of rotatable bonds is 6. The van der Waals surface area contributed by atoms with Crippen molar-refractivity contribution in [2.45, 2.75) is 26.3 Å². The van der Waals surface area contributed by atoms with Gasteiger partial charge in [0.2, 0.25) is 5.82 Å². The molecule has 0 saturated carbocycles. The van der Waals surface area contributed by atoms with Gasteiger partial charge in [-0.1, -0.05) is 12.2 Å². The summed E-state index contributed by atoms with van der Waals surface area (Å²) in [4.78, 5) is 27.4. The number of carbonyl (C=O) groups is 2. The van der Waals surface area contributed by atoms with Gasteiger partial charge in [0.15, 0.2) is 0 Å². The van der Waals surface area contributed by atoms with Crippen molar-refractivity contribution < 1.29 is 19.1 Å². The topological polar surface area (TPSA) is 97.1 Å². The number of allylic oxidation sites excluding steroid dienone is 1. The van der Waals surface area contributed by atoms with Gasteiger partial charge in [-0.3, -0.25) is 4.79 Å². The molecule has 0 aliphatic heterocycles. The van der Waals surface area contributed by atoms with Crippen molar-refractivity contribution in [3.8, 4) is 5.69 Å². The molecular formula is C16H17FN4O3. The van der Waals surface area contributed by atoms with Crippen molar-refractivity contribution in [1.29, 1.82) is 0 Å². The third-order valence-electron chi connectivity index (χ3n) is 3.25. The standard InChI is InChI=1S/C16H17FN4O3/c1-3-4-5-13(16(23)24)19-15(22)14-18-10(2)21(20-14)12-8-6-11(17)7-9-12/h3-4,6-9,13H,5H2,1-2H3,(H,19,22)(H,23,24)/b4-3+. The van der Waals surface area contributed by atoms with E-state index in [2.05, 4.69) is 15.4 Å². The molecule has 1 unspecified atom stereocenters. The van der Waals surface area contributed by atoms with Gasteiger partial charge in [-0.25, -0.2) is 18.9 Å². The second kappa shape index (κ2) is 7.49. The van der Waals surface area contributed by atoms with Crippen LogP contribution in [0.25, 0.3) is 5.69 Å². The first-order valence-corrected chi connectivity index (χ1v) is 7.26. The summed E-state index contributed by atoms with van der Waals surface area (Å²) >= 11 is 0. The molecule has 8 heteroatoms. The quantitative estimate of drug-likeness (QED) is 0.787. The van der Waals surface area contributed by atoms with Gasteiger partial charge in [-0.15, -0.1) is 5.10 Å². The summed E-state index contributed by atoms with van der Waals surface area (Å²) in [6.07, 6.45) is 3.51. The fourth-order valence-electron chi connectivity index (χ4n) is 2.03. The zero-order chi connectivity index (χ0) is 17.7. The highest BCUT2D eigenvalue weighted by atomic mass is 19.1. The Morgan fingerprint density at radius 3 is 2.62 bits per heavy atom. The molecule has 0 fully saturated rings. The van der Waals surface area contributed by atoms with Crippen molar-refractivity contribution in [2.24, 2.45) is 0 Å². The normalized spacial score (nSPS) is 12.3. The van der Waals surface area contributed by atoms with E-state index in [-0.39, 0.29) is 18.1 Å². The highest BCUT2D eigenvalue weighted by Gasteiger charge is 2.22. The smallest absolute Gasteiger partial charge is 0.326 e. The maximum Gasteiger partial charge on any atom is 0.326 e. The Morgan fingerprint density at radius 2 is 2.04 bits per heavy atom. The van der Waals surface area contributed by atoms with E-state index in [1.165, 1.54) is 28.9 Å². The van der Waals surface area contributed by atoms with Crippen molar-refractivity contribution in [1.82, 2.24) is 20.1 Å². The van der Waals surface area contributed by atoms with Crippen LogP contribution in [0.3, 0.4) is 0 Å². The minimum atomic E-state index is -1.14. The van der Waals surface area contributed by atoms with Gasteiger partial charge in [0.05, 0.1) is 5.69 Å². The summed E-state index contributed by atoms with van der Waals surface area (Å²) in [7, 11) is 0. The van der Waals surface area contributed by atoms with Gasteiger partial charge < -0.3 is 10.4 Å². The Morgan fingerprint density at radius 1 is 1.38 bits per heavy atom. The van der Waals surface area contributed by atoms with Crippen molar-refractivity contribution in [3.05, 3.63) is 53.9 Å². The largest absolute Gasteiger partial charge is 0.480 e. The zero-order valence-electron chi connectivity index (χ0n) is 13.2. The van der Waals surface area contributed by atoms with Crippen LogP contribution in [0.15, 0.2) is 36.4 Å². The summed E-state index contributed by atoms with van der Waals surface area (Å²) in [5, 5.41) is 15.6. The van der Waals surface area contributed by atoms with Crippen LogP contribution in [-0.2, 0) is 4.79 Å². The van der Waals surface area contributed by atoms with Gasteiger partial charge in [0, 0.05) is 0 Å². The Bertz CT molecular complexity index is 768. The number of hydrogen-bond acceptors (Lipinski definition) is 4. The molecule has 2 rings (SSSR count). The van der Waals surface area contributed by atoms with E-state index in [9.17, 15) is 14.0 Å². The van der Waals surface area contributed by atoms with Gasteiger partial charge in [0.25, 0.3) is 5.91 Å². The molecule has 0 spiro atoms. The Balaban J connectivity index is 2.20. The molecule has 2 N–H and O–H groups in total. The summed E-state index contributed by atoms with van der Waals surface area (Å²) < 4.78 is 14.4. The first-order valence-electron chi connectivity index (χ1n) is 7.26. The van der Waals surface area contributed by atoms with Crippen LogP contribution < -0.4 is 5.32 Å². The predicted octanol–water partition coefficient (Wildman–Crippen LogP) is 1.86. The highest BCUT2D eigenvalue weighted by molar-refractivity contribution is 5.93. The number of nitrogens with zero attached hydrogens (tertiary/aromatic N) is 3. The molecule has 0 radical (unpaired) electrons. The summed E-state index contributed by atoms with van der Waals surface area (Å²) in [6.45, 7) is 3.40. The van der Waals surface area contributed by atoms with E-state index in [0.29, 0.717) is 11.5 Å². The molecule has 0 aliphatic carbocycles. The number of hydrogen-bond donors (Lipinski definition) is 2. The zero-order valence-corrected chi connectivity index (χ0v) is 13.2. The lowest BCUT2D eigenvalue weighted by atomic mass is 10.2. The summed E-state index contributed by atoms with van der Waals surface area (Å²) in [6, 6.07) is 4.49. The van der Waals surface area contributed by atoms with E-state index < -0.39 is 17.9 Å². The fourth-order valence-corrected chi connectivity index (χ4v) is 2.03. The van der Waals surface area contributed by atoms with E-state index in [0.717, 1.165) is 0 Å². The lowest BCUT2D eigenvalue weighted by Crippen LogP contribution is -2.40. The third kappa shape index (κ3) is 4.03. The van der Waals surface area contributed by atoms with Crippen LogP contribution in [0.2, 0.25) is 0 Å². The molecule has 126 valence electrons. The molecule has 7 nitrogen and oxygen atoms in total. The monoisotopic (exact) mass is 332 g/mol. The van der Waals surface area contributed by atoms with Crippen LogP contribution >= 0.6 is 0 Å². The third-order valence-corrected chi connectivity index (χ3v) is 3.25. The van der Waals surface area contributed by atoms with E-state index in [1.54, 1.807) is 26.0 Å². The molecule has 1 aromatic heterocycles. The lowest BCUT2D eigenvalue weighted by molar-refractivity contribution is -0.139. The van der Waals surface area contributed by atoms with Gasteiger partial charge in [-0.2, -0.15) is 0 Å². The fraction of sp³-hybridized carbons (Fsp3) is 0.250. The molecule has 0 aliphatic rings. The van der Waals surface area contributed by atoms with Gasteiger partial charge in [-0.05, 0) is 44.5 Å². The maximum atomic E-state index is 13.0. The van der Waals surface area contributed by atoms with Crippen LogP contribution in [0.1, 0.15) is 29.8 Å². The summed E-state index contributed by atoms with van der Waals surface area (Å²) in [5.74, 6) is -1.94. The molecule has 0 bridgehead atoms. The number of aromatic nitrogens is 3. The van der Waals surface area contributed by atoms with Gasteiger partial charge in [0.1, 0.15) is 17.7 Å². The molecule has 1 atom stereocenters.